The highest BCUT2D eigenvalue weighted by Gasteiger charge is 2.20. The lowest BCUT2D eigenvalue weighted by Crippen LogP contribution is -2.15. The molecular weight excluding hydrogens is 240 g/mol. The summed E-state index contributed by atoms with van der Waals surface area (Å²) in [6.45, 7) is 1.54. The van der Waals surface area contributed by atoms with Crippen LogP contribution in [0.2, 0.25) is 5.02 Å². The predicted molar refractivity (Wildman–Crippen MR) is 67.2 cm³/mol. The molecule has 0 radical (unpaired) electrons. The van der Waals surface area contributed by atoms with Gasteiger partial charge in [0.05, 0.1) is 4.92 Å². The summed E-state index contributed by atoms with van der Waals surface area (Å²) in [6, 6.07) is 4.54. The molecule has 0 aromatic heterocycles. The number of non-ortho nitro benzene ring substituents is 1. The molecule has 0 atom stereocenters. The van der Waals surface area contributed by atoms with E-state index in [0.717, 1.165) is 18.0 Å². The quantitative estimate of drug-likeness (QED) is 0.482. The molecule has 1 aromatic rings. The molecule has 0 spiro atoms. The molecule has 4 nitrogen and oxygen atoms in total. The normalized spacial score (nSPS) is 14.9. The van der Waals surface area contributed by atoms with Crippen molar-refractivity contribution in [3.05, 3.63) is 38.9 Å². The fourth-order valence-electron chi connectivity index (χ4n) is 1.75. The summed E-state index contributed by atoms with van der Waals surface area (Å²) >= 11 is 5.99. The fourth-order valence-corrected chi connectivity index (χ4v) is 1.93. The summed E-state index contributed by atoms with van der Waals surface area (Å²) in [6.07, 6.45) is 3.88. The van der Waals surface area contributed by atoms with Crippen molar-refractivity contribution >= 4 is 17.3 Å². The summed E-state index contributed by atoms with van der Waals surface area (Å²) in [7, 11) is 0. The zero-order chi connectivity index (χ0) is 12.3. The molecule has 0 bridgehead atoms. The molecule has 0 amide bonds. The number of halogens is 1. The Kier molecular flexibility index (Phi) is 3.97. The van der Waals surface area contributed by atoms with Gasteiger partial charge in [0.25, 0.3) is 5.69 Å². The predicted octanol–water partition coefficient (Wildman–Crippen LogP) is 3.14. The van der Waals surface area contributed by atoms with E-state index in [1.807, 2.05) is 0 Å². The third-order valence-electron chi connectivity index (χ3n) is 2.98. The Balaban J connectivity index is 1.88. The summed E-state index contributed by atoms with van der Waals surface area (Å²) < 4.78 is 0. The Morgan fingerprint density at radius 2 is 2.24 bits per heavy atom. The number of nitrogens with zero attached hydrogens (tertiary/aromatic N) is 1. The first-order chi connectivity index (χ1) is 8.16. The van der Waals surface area contributed by atoms with E-state index in [4.69, 9.17) is 11.6 Å². The number of hydrogen-bond acceptors (Lipinski definition) is 3. The fraction of sp³-hybridized carbons (Fsp3) is 0.500. The molecule has 1 saturated carbocycles. The van der Waals surface area contributed by atoms with Crippen molar-refractivity contribution in [1.29, 1.82) is 0 Å². The van der Waals surface area contributed by atoms with Crippen LogP contribution in [0.25, 0.3) is 0 Å². The Labute approximate surface area is 105 Å². The van der Waals surface area contributed by atoms with Gasteiger partial charge in [0.1, 0.15) is 0 Å². The van der Waals surface area contributed by atoms with E-state index in [2.05, 4.69) is 5.32 Å². The van der Waals surface area contributed by atoms with Crippen LogP contribution in [-0.2, 0) is 6.54 Å². The van der Waals surface area contributed by atoms with Crippen molar-refractivity contribution in [2.75, 3.05) is 6.54 Å². The molecular formula is C12H15ClN2O2. The Morgan fingerprint density at radius 3 is 2.88 bits per heavy atom. The van der Waals surface area contributed by atoms with Crippen molar-refractivity contribution in [1.82, 2.24) is 5.32 Å². The average molecular weight is 255 g/mol. The monoisotopic (exact) mass is 254 g/mol. The van der Waals surface area contributed by atoms with Crippen LogP contribution in [-0.4, -0.2) is 11.5 Å². The van der Waals surface area contributed by atoms with Gasteiger partial charge in [-0.05, 0) is 30.5 Å². The zero-order valence-electron chi connectivity index (χ0n) is 9.49. The number of nitro groups is 1. The number of hydrogen-bond donors (Lipinski definition) is 1. The lowest BCUT2D eigenvalue weighted by molar-refractivity contribution is -0.384. The maximum Gasteiger partial charge on any atom is 0.269 e. The first-order valence-corrected chi connectivity index (χ1v) is 6.18. The number of rotatable bonds is 6. The summed E-state index contributed by atoms with van der Waals surface area (Å²) in [5.74, 6) is 0.892. The van der Waals surface area contributed by atoms with Crippen molar-refractivity contribution in [3.8, 4) is 0 Å². The molecule has 1 aliphatic rings. The summed E-state index contributed by atoms with van der Waals surface area (Å²) in [5.41, 5.74) is 0.880. The average Bonchev–Trinajstić information content (AvgIpc) is 3.10. The zero-order valence-corrected chi connectivity index (χ0v) is 10.2. The second-order valence-corrected chi connectivity index (χ2v) is 4.85. The molecule has 0 saturated heterocycles. The molecule has 1 N–H and O–H groups in total. The van der Waals surface area contributed by atoms with Crippen molar-refractivity contribution < 1.29 is 4.92 Å². The van der Waals surface area contributed by atoms with E-state index in [1.165, 1.54) is 31.4 Å². The molecule has 2 rings (SSSR count). The second-order valence-electron chi connectivity index (χ2n) is 4.44. The van der Waals surface area contributed by atoms with Gasteiger partial charge >= 0.3 is 0 Å². The minimum absolute atomic E-state index is 0.0911. The van der Waals surface area contributed by atoms with Gasteiger partial charge < -0.3 is 5.32 Å². The topological polar surface area (TPSA) is 55.2 Å². The SMILES string of the molecule is O=[N+]([O-])c1ccc(Cl)c(CNCCC2CC2)c1. The van der Waals surface area contributed by atoms with Crippen molar-refractivity contribution in [3.63, 3.8) is 0 Å². The van der Waals surface area contributed by atoms with Crippen LogP contribution in [0, 0.1) is 16.0 Å². The second kappa shape index (κ2) is 5.47. The summed E-state index contributed by atoms with van der Waals surface area (Å²) in [4.78, 5) is 10.2. The number of nitro benzene ring substituents is 1. The lowest BCUT2D eigenvalue weighted by atomic mass is 10.2. The maximum absolute atomic E-state index is 10.6. The lowest BCUT2D eigenvalue weighted by Gasteiger charge is -2.06. The van der Waals surface area contributed by atoms with Gasteiger partial charge in [0.2, 0.25) is 0 Å². The number of nitrogens with one attached hydrogen (secondary N) is 1. The van der Waals surface area contributed by atoms with E-state index in [-0.39, 0.29) is 5.69 Å². The minimum atomic E-state index is -0.399. The highest BCUT2D eigenvalue weighted by Crippen LogP contribution is 2.31. The van der Waals surface area contributed by atoms with Crippen LogP contribution < -0.4 is 5.32 Å². The Hall–Kier alpha value is -1.13. The van der Waals surface area contributed by atoms with Gasteiger partial charge in [-0.2, -0.15) is 0 Å². The maximum atomic E-state index is 10.6. The number of benzene rings is 1. The molecule has 0 aliphatic heterocycles. The van der Waals surface area contributed by atoms with Crippen molar-refractivity contribution in [2.24, 2.45) is 5.92 Å². The smallest absolute Gasteiger partial charge is 0.269 e. The van der Waals surface area contributed by atoms with Crippen LogP contribution in [0.1, 0.15) is 24.8 Å². The Bertz CT molecular complexity index is 419. The van der Waals surface area contributed by atoms with Crippen LogP contribution in [0.3, 0.4) is 0 Å². The van der Waals surface area contributed by atoms with E-state index in [0.29, 0.717) is 11.6 Å². The molecule has 1 aromatic carbocycles. The Morgan fingerprint density at radius 1 is 1.47 bits per heavy atom. The molecule has 5 heteroatoms. The summed E-state index contributed by atoms with van der Waals surface area (Å²) in [5, 5.41) is 14.5. The molecule has 1 fully saturated rings. The molecule has 92 valence electrons. The highest BCUT2D eigenvalue weighted by molar-refractivity contribution is 6.31. The van der Waals surface area contributed by atoms with Crippen LogP contribution in [0.5, 0.6) is 0 Å². The molecule has 17 heavy (non-hydrogen) atoms. The largest absolute Gasteiger partial charge is 0.313 e. The van der Waals surface area contributed by atoms with Crippen molar-refractivity contribution in [2.45, 2.75) is 25.8 Å². The minimum Gasteiger partial charge on any atom is -0.313 e. The van der Waals surface area contributed by atoms with E-state index in [1.54, 1.807) is 6.07 Å². The van der Waals surface area contributed by atoms with Crippen LogP contribution >= 0.6 is 11.6 Å². The molecule has 0 heterocycles. The first kappa shape index (κ1) is 12.3. The highest BCUT2D eigenvalue weighted by atomic mass is 35.5. The standard InChI is InChI=1S/C12H15ClN2O2/c13-12-4-3-11(15(16)17)7-10(12)8-14-6-5-9-1-2-9/h3-4,7,9,14H,1-2,5-6,8H2. The van der Waals surface area contributed by atoms with Crippen LogP contribution in [0.15, 0.2) is 18.2 Å². The van der Waals surface area contributed by atoms with Gasteiger partial charge in [-0.1, -0.05) is 24.4 Å². The van der Waals surface area contributed by atoms with Gasteiger partial charge in [-0.15, -0.1) is 0 Å². The first-order valence-electron chi connectivity index (χ1n) is 5.80. The molecule has 0 unspecified atom stereocenters. The van der Waals surface area contributed by atoms with E-state index >= 15 is 0 Å². The van der Waals surface area contributed by atoms with Crippen LogP contribution in [0.4, 0.5) is 5.69 Å². The van der Waals surface area contributed by atoms with Gasteiger partial charge in [-0.25, -0.2) is 0 Å². The van der Waals surface area contributed by atoms with E-state index in [9.17, 15) is 10.1 Å². The third kappa shape index (κ3) is 3.68. The molecule has 1 aliphatic carbocycles. The third-order valence-corrected chi connectivity index (χ3v) is 3.35. The van der Waals surface area contributed by atoms with Gasteiger partial charge in [-0.3, -0.25) is 10.1 Å². The van der Waals surface area contributed by atoms with Gasteiger partial charge in [0, 0.05) is 23.7 Å². The van der Waals surface area contributed by atoms with Gasteiger partial charge in [0.15, 0.2) is 0 Å². The van der Waals surface area contributed by atoms with E-state index < -0.39 is 4.92 Å².